The van der Waals surface area contributed by atoms with Gasteiger partial charge in [-0.2, -0.15) is 0 Å². The SMILES string of the molecule is COc1ccc(F)cc1C(O)c1ccnc(C)n1. The van der Waals surface area contributed by atoms with Crippen LogP contribution in [0.15, 0.2) is 30.5 Å². The first-order valence-corrected chi connectivity index (χ1v) is 5.43. The zero-order valence-electron chi connectivity index (χ0n) is 10.1. The lowest BCUT2D eigenvalue weighted by atomic mass is 10.0. The molecule has 0 aliphatic carbocycles. The number of methoxy groups -OCH3 is 1. The Morgan fingerprint density at radius 2 is 2.11 bits per heavy atom. The lowest BCUT2D eigenvalue weighted by Gasteiger charge is -2.14. The van der Waals surface area contributed by atoms with Crippen LogP contribution in [-0.4, -0.2) is 22.2 Å². The van der Waals surface area contributed by atoms with Crippen molar-refractivity contribution >= 4 is 0 Å². The Labute approximate surface area is 104 Å². The van der Waals surface area contributed by atoms with Gasteiger partial charge in [0.2, 0.25) is 0 Å². The quantitative estimate of drug-likeness (QED) is 0.902. The summed E-state index contributed by atoms with van der Waals surface area (Å²) in [6, 6.07) is 5.57. The van der Waals surface area contributed by atoms with E-state index >= 15 is 0 Å². The number of halogens is 1. The molecule has 1 unspecified atom stereocenters. The summed E-state index contributed by atoms with van der Waals surface area (Å²) in [5, 5.41) is 10.2. The molecule has 0 bridgehead atoms. The number of ether oxygens (including phenoxy) is 1. The van der Waals surface area contributed by atoms with Gasteiger partial charge in [-0.25, -0.2) is 14.4 Å². The maximum absolute atomic E-state index is 13.2. The van der Waals surface area contributed by atoms with Gasteiger partial charge in [0.15, 0.2) is 0 Å². The molecule has 94 valence electrons. The largest absolute Gasteiger partial charge is 0.496 e. The van der Waals surface area contributed by atoms with Crippen molar-refractivity contribution in [3.8, 4) is 5.75 Å². The molecule has 1 N–H and O–H groups in total. The molecule has 0 saturated carbocycles. The smallest absolute Gasteiger partial charge is 0.125 e. The molecule has 5 heteroatoms. The van der Waals surface area contributed by atoms with Crippen LogP contribution in [0.4, 0.5) is 4.39 Å². The molecular formula is C13H13FN2O2. The summed E-state index contributed by atoms with van der Waals surface area (Å²) in [7, 11) is 1.47. The Balaban J connectivity index is 2.44. The van der Waals surface area contributed by atoms with Gasteiger partial charge in [-0.05, 0) is 31.2 Å². The van der Waals surface area contributed by atoms with Crippen LogP contribution in [0, 0.1) is 12.7 Å². The maximum Gasteiger partial charge on any atom is 0.125 e. The minimum Gasteiger partial charge on any atom is -0.496 e. The lowest BCUT2D eigenvalue weighted by Crippen LogP contribution is -2.06. The molecule has 18 heavy (non-hydrogen) atoms. The van der Waals surface area contributed by atoms with Gasteiger partial charge >= 0.3 is 0 Å². The molecule has 0 aliphatic heterocycles. The zero-order chi connectivity index (χ0) is 13.1. The predicted octanol–water partition coefficient (Wildman–Crippen LogP) is 2.01. The second kappa shape index (κ2) is 5.10. The average molecular weight is 248 g/mol. The highest BCUT2D eigenvalue weighted by atomic mass is 19.1. The molecule has 1 atom stereocenters. The highest BCUT2D eigenvalue weighted by Gasteiger charge is 2.17. The zero-order valence-corrected chi connectivity index (χ0v) is 10.1. The number of aromatic nitrogens is 2. The molecule has 0 radical (unpaired) electrons. The van der Waals surface area contributed by atoms with Gasteiger partial charge in [0.25, 0.3) is 0 Å². The first-order valence-electron chi connectivity index (χ1n) is 5.43. The fraction of sp³-hybridized carbons (Fsp3) is 0.231. The van der Waals surface area contributed by atoms with Crippen molar-refractivity contribution in [2.75, 3.05) is 7.11 Å². The summed E-state index contributed by atoms with van der Waals surface area (Å²) in [6.07, 6.45) is 0.504. The van der Waals surface area contributed by atoms with Crippen molar-refractivity contribution in [2.45, 2.75) is 13.0 Å². The van der Waals surface area contributed by atoms with Crippen LogP contribution < -0.4 is 4.74 Å². The molecule has 0 fully saturated rings. The Hall–Kier alpha value is -2.01. The van der Waals surface area contributed by atoms with Crippen LogP contribution >= 0.6 is 0 Å². The standard InChI is InChI=1S/C13H13FN2O2/c1-8-15-6-5-11(16-8)13(17)10-7-9(14)3-4-12(10)18-2/h3-7,13,17H,1-2H3. The van der Waals surface area contributed by atoms with Gasteiger partial charge < -0.3 is 9.84 Å². The molecule has 2 rings (SSSR count). The van der Waals surface area contributed by atoms with Crippen LogP contribution in [-0.2, 0) is 0 Å². The molecule has 0 saturated heterocycles. The number of aliphatic hydroxyl groups is 1. The Kier molecular flexibility index (Phi) is 3.53. The van der Waals surface area contributed by atoms with Crippen molar-refractivity contribution in [3.05, 3.63) is 53.4 Å². The first-order chi connectivity index (χ1) is 8.61. The second-order valence-electron chi connectivity index (χ2n) is 3.82. The fourth-order valence-electron chi connectivity index (χ4n) is 1.70. The summed E-state index contributed by atoms with van der Waals surface area (Å²) in [5.74, 6) is 0.526. The van der Waals surface area contributed by atoms with E-state index in [9.17, 15) is 9.50 Å². The summed E-state index contributed by atoms with van der Waals surface area (Å²) in [5.41, 5.74) is 0.752. The minimum absolute atomic E-state index is 0.343. The van der Waals surface area contributed by atoms with Crippen molar-refractivity contribution < 1.29 is 14.2 Å². The highest BCUT2D eigenvalue weighted by Crippen LogP contribution is 2.29. The summed E-state index contributed by atoms with van der Waals surface area (Å²) in [4.78, 5) is 8.06. The predicted molar refractivity (Wildman–Crippen MR) is 63.8 cm³/mol. The number of hydrogen-bond donors (Lipinski definition) is 1. The Morgan fingerprint density at radius 3 is 2.78 bits per heavy atom. The molecular weight excluding hydrogens is 235 g/mol. The van der Waals surface area contributed by atoms with E-state index in [0.717, 1.165) is 0 Å². The van der Waals surface area contributed by atoms with Gasteiger partial charge in [0.1, 0.15) is 23.5 Å². The number of aryl methyl sites for hydroxylation is 1. The highest BCUT2D eigenvalue weighted by molar-refractivity contribution is 5.39. The van der Waals surface area contributed by atoms with E-state index in [-0.39, 0.29) is 0 Å². The molecule has 1 aromatic carbocycles. The van der Waals surface area contributed by atoms with Gasteiger partial charge in [-0.15, -0.1) is 0 Å². The minimum atomic E-state index is -1.04. The third kappa shape index (κ3) is 2.46. The van der Waals surface area contributed by atoms with Gasteiger partial charge in [-0.1, -0.05) is 0 Å². The fourth-order valence-corrected chi connectivity index (χ4v) is 1.70. The van der Waals surface area contributed by atoms with Crippen LogP contribution in [0.5, 0.6) is 5.75 Å². The summed E-state index contributed by atoms with van der Waals surface area (Å²) >= 11 is 0. The lowest BCUT2D eigenvalue weighted by molar-refractivity contribution is 0.209. The third-order valence-electron chi connectivity index (χ3n) is 2.56. The van der Waals surface area contributed by atoms with E-state index in [1.807, 2.05) is 0 Å². The topological polar surface area (TPSA) is 55.2 Å². The first kappa shape index (κ1) is 12.4. The van der Waals surface area contributed by atoms with Crippen molar-refractivity contribution in [2.24, 2.45) is 0 Å². The van der Waals surface area contributed by atoms with Crippen LogP contribution in [0.1, 0.15) is 23.2 Å². The van der Waals surface area contributed by atoms with E-state index in [2.05, 4.69) is 9.97 Å². The number of nitrogens with zero attached hydrogens (tertiary/aromatic N) is 2. The monoisotopic (exact) mass is 248 g/mol. The molecule has 0 amide bonds. The number of aliphatic hydroxyl groups excluding tert-OH is 1. The van der Waals surface area contributed by atoms with Gasteiger partial charge in [0, 0.05) is 11.8 Å². The molecule has 0 aliphatic rings. The average Bonchev–Trinajstić information content (AvgIpc) is 2.38. The normalized spacial score (nSPS) is 12.2. The number of rotatable bonds is 3. The van der Waals surface area contributed by atoms with Crippen LogP contribution in [0.2, 0.25) is 0 Å². The molecule has 2 aromatic rings. The number of hydrogen-bond acceptors (Lipinski definition) is 4. The van der Waals surface area contributed by atoms with E-state index in [1.165, 1.54) is 25.3 Å². The maximum atomic E-state index is 13.2. The molecule has 0 spiro atoms. The van der Waals surface area contributed by atoms with Crippen molar-refractivity contribution in [3.63, 3.8) is 0 Å². The van der Waals surface area contributed by atoms with E-state index in [0.29, 0.717) is 22.8 Å². The van der Waals surface area contributed by atoms with Crippen molar-refractivity contribution in [1.29, 1.82) is 0 Å². The van der Waals surface area contributed by atoms with Gasteiger partial charge in [-0.3, -0.25) is 0 Å². The third-order valence-corrected chi connectivity index (χ3v) is 2.56. The molecule has 1 heterocycles. The van der Waals surface area contributed by atoms with E-state index < -0.39 is 11.9 Å². The summed E-state index contributed by atoms with van der Waals surface area (Å²) < 4.78 is 18.3. The number of benzene rings is 1. The Bertz CT molecular complexity index is 560. The van der Waals surface area contributed by atoms with Crippen LogP contribution in [0.3, 0.4) is 0 Å². The molecule has 1 aromatic heterocycles. The Morgan fingerprint density at radius 1 is 1.33 bits per heavy atom. The van der Waals surface area contributed by atoms with Crippen LogP contribution in [0.25, 0.3) is 0 Å². The summed E-state index contributed by atoms with van der Waals surface area (Å²) in [6.45, 7) is 1.72. The van der Waals surface area contributed by atoms with E-state index in [1.54, 1.807) is 19.2 Å². The van der Waals surface area contributed by atoms with Gasteiger partial charge in [0.05, 0.1) is 12.8 Å². The second-order valence-corrected chi connectivity index (χ2v) is 3.82. The van der Waals surface area contributed by atoms with Crippen molar-refractivity contribution in [1.82, 2.24) is 9.97 Å². The van der Waals surface area contributed by atoms with E-state index in [4.69, 9.17) is 4.74 Å². The molecule has 4 nitrogen and oxygen atoms in total.